The van der Waals surface area contributed by atoms with Gasteiger partial charge >= 0.3 is 0 Å². The molecule has 3 aromatic rings. The zero-order valence-corrected chi connectivity index (χ0v) is 17.3. The number of H-pyrrole nitrogens is 1. The average molecular weight is 417 g/mol. The number of hydrogen-bond acceptors (Lipinski definition) is 5. The molecule has 2 aliphatic heterocycles. The van der Waals surface area contributed by atoms with Crippen LogP contribution in [0, 0.1) is 6.92 Å². The average Bonchev–Trinajstić information content (AvgIpc) is 3.17. The first-order chi connectivity index (χ1) is 15.0. The second-order valence-electron chi connectivity index (χ2n) is 8.04. The number of rotatable bonds is 3. The third kappa shape index (κ3) is 3.43. The summed E-state index contributed by atoms with van der Waals surface area (Å²) in [5, 5.41) is 0. The number of para-hydroxylation sites is 2. The Kier molecular flexibility index (Phi) is 4.69. The Morgan fingerprint density at radius 2 is 1.81 bits per heavy atom. The molecule has 158 valence electrons. The molecule has 0 atom stereocenters. The number of aryl methyl sites for hydroxylation is 1. The molecular formula is C23H23N5O3. The van der Waals surface area contributed by atoms with Gasteiger partial charge in [0.05, 0.1) is 22.2 Å². The van der Waals surface area contributed by atoms with E-state index < -0.39 is 11.8 Å². The van der Waals surface area contributed by atoms with Gasteiger partial charge in [-0.25, -0.2) is 4.98 Å². The minimum absolute atomic E-state index is 0.210. The quantitative estimate of drug-likeness (QED) is 0.660. The Balaban J connectivity index is 1.26. The summed E-state index contributed by atoms with van der Waals surface area (Å²) in [6.07, 6.45) is 0.782. The molecular weight excluding hydrogens is 394 g/mol. The fourth-order valence-corrected chi connectivity index (χ4v) is 4.25. The lowest BCUT2D eigenvalue weighted by Gasteiger charge is -2.23. The second-order valence-corrected chi connectivity index (χ2v) is 8.04. The van der Waals surface area contributed by atoms with Gasteiger partial charge in [-0.05, 0) is 37.6 Å². The summed E-state index contributed by atoms with van der Waals surface area (Å²) < 4.78 is 0. The first-order valence-corrected chi connectivity index (χ1v) is 10.5. The number of nitrogens with one attached hydrogen (secondary N) is 1. The highest BCUT2D eigenvalue weighted by atomic mass is 16.2. The molecule has 0 aliphatic carbocycles. The molecule has 1 aromatic heterocycles. The summed E-state index contributed by atoms with van der Waals surface area (Å²) in [7, 11) is 0. The molecule has 31 heavy (non-hydrogen) atoms. The number of amides is 3. The van der Waals surface area contributed by atoms with Crippen LogP contribution in [0.4, 0.5) is 5.95 Å². The zero-order valence-electron chi connectivity index (χ0n) is 17.3. The van der Waals surface area contributed by atoms with E-state index in [4.69, 9.17) is 0 Å². The summed E-state index contributed by atoms with van der Waals surface area (Å²) in [6.45, 7) is 4.14. The van der Waals surface area contributed by atoms with Gasteiger partial charge in [-0.15, -0.1) is 0 Å². The fourth-order valence-electron chi connectivity index (χ4n) is 4.25. The molecule has 3 heterocycles. The number of aromatic nitrogens is 2. The van der Waals surface area contributed by atoms with Gasteiger partial charge in [-0.1, -0.05) is 23.8 Å². The van der Waals surface area contributed by atoms with Crippen LogP contribution in [-0.2, 0) is 4.79 Å². The lowest BCUT2D eigenvalue weighted by atomic mass is 10.1. The van der Waals surface area contributed by atoms with Gasteiger partial charge in [0.1, 0.15) is 6.54 Å². The number of nitrogens with zero attached hydrogens (tertiary/aromatic N) is 4. The van der Waals surface area contributed by atoms with Crippen molar-refractivity contribution < 1.29 is 14.4 Å². The van der Waals surface area contributed by atoms with Crippen LogP contribution in [0.3, 0.4) is 0 Å². The SMILES string of the molecule is Cc1ccc2c(c1)C(=O)N(CC(=O)N1CCCN(c3nc4ccccc4[nH]3)CC1)C2=O. The van der Waals surface area contributed by atoms with E-state index in [0.717, 1.165) is 40.4 Å². The first-order valence-electron chi connectivity index (χ1n) is 10.5. The van der Waals surface area contributed by atoms with Gasteiger partial charge in [0.2, 0.25) is 11.9 Å². The van der Waals surface area contributed by atoms with E-state index in [2.05, 4.69) is 14.9 Å². The summed E-state index contributed by atoms with van der Waals surface area (Å²) >= 11 is 0. The standard InChI is InChI=1S/C23H23N5O3/c1-15-7-8-16-17(13-15)22(31)28(21(16)30)14-20(29)26-9-4-10-27(12-11-26)23-24-18-5-2-3-6-19(18)25-23/h2-3,5-8,13H,4,9-12,14H2,1H3,(H,24,25). The predicted octanol–water partition coefficient (Wildman–Crippen LogP) is 2.21. The van der Waals surface area contributed by atoms with Crippen LogP contribution in [0.5, 0.6) is 0 Å². The Morgan fingerprint density at radius 1 is 1.00 bits per heavy atom. The van der Waals surface area contributed by atoms with E-state index in [1.807, 2.05) is 31.2 Å². The van der Waals surface area contributed by atoms with Crippen molar-refractivity contribution in [2.45, 2.75) is 13.3 Å². The van der Waals surface area contributed by atoms with Crippen LogP contribution >= 0.6 is 0 Å². The molecule has 2 aliphatic rings. The predicted molar refractivity (Wildman–Crippen MR) is 116 cm³/mol. The topological polar surface area (TPSA) is 89.6 Å². The molecule has 0 unspecified atom stereocenters. The summed E-state index contributed by atoms with van der Waals surface area (Å²) in [5.41, 5.74) is 3.55. The molecule has 1 saturated heterocycles. The zero-order chi connectivity index (χ0) is 21.5. The van der Waals surface area contributed by atoms with Gasteiger partial charge in [-0.2, -0.15) is 0 Å². The number of benzene rings is 2. The van der Waals surface area contributed by atoms with E-state index in [0.29, 0.717) is 30.8 Å². The second kappa shape index (κ2) is 7.54. The summed E-state index contributed by atoms with van der Waals surface area (Å²) in [6, 6.07) is 13.0. The number of anilines is 1. The highest BCUT2D eigenvalue weighted by molar-refractivity contribution is 6.22. The highest BCUT2D eigenvalue weighted by Gasteiger charge is 2.37. The molecule has 1 N–H and O–H groups in total. The number of aromatic amines is 1. The molecule has 0 radical (unpaired) electrons. The van der Waals surface area contributed by atoms with Gasteiger partial charge in [0.15, 0.2) is 0 Å². The molecule has 5 rings (SSSR count). The normalized spacial score (nSPS) is 16.7. The third-order valence-corrected chi connectivity index (χ3v) is 5.94. The van der Waals surface area contributed by atoms with E-state index in [1.54, 1.807) is 23.1 Å². The Hall–Kier alpha value is -3.68. The third-order valence-electron chi connectivity index (χ3n) is 5.94. The van der Waals surface area contributed by atoms with E-state index in [1.165, 1.54) is 0 Å². The molecule has 2 aromatic carbocycles. The number of carbonyl (C=O) groups is 3. The maximum atomic E-state index is 12.9. The van der Waals surface area contributed by atoms with Gasteiger partial charge in [0, 0.05) is 26.2 Å². The van der Waals surface area contributed by atoms with Crippen molar-refractivity contribution in [1.82, 2.24) is 19.8 Å². The Morgan fingerprint density at radius 3 is 2.65 bits per heavy atom. The van der Waals surface area contributed by atoms with Crippen molar-refractivity contribution in [3.63, 3.8) is 0 Å². The highest BCUT2D eigenvalue weighted by Crippen LogP contribution is 2.24. The fraction of sp³-hybridized carbons (Fsp3) is 0.304. The number of carbonyl (C=O) groups excluding carboxylic acids is 3. The van der Waals surface area contributed by atoms with Crippen molar-refractivity contribution in [3.8, 4) is 0 Å². The Bertz CT molecular complexity index is 1170. The first kappa shape index (κ1) is 19.3. The van der Waals surface area contributed by atoms with Crippen LogP contribution in [0.2, 0.25) is 0 Å². The van der Waals surface area contributed by atoms with Crippen LogP contribution in [-0.4, -0.2) is 70.2 Å². The molecule has 8 nitrogen and oxygen atoms in total. The molecule has 0 spiro atoms. The largest absolute Gasteiger partial charge is 0.341 e. The van der Waals surface area contributed by atoms with Crippen LogP contribution in [0.15, 0.2) is 42.5 Å². The lowest BCUT2D eigenvalue weighted by Crippen LogP contribution is -2.44. The van der Waals surface area contributed by atoms with E-state index >= 15 is 0 Å². The lowest BCUT2D eigenvalue weighted by molar-refractivity contribution is -0.131. The minimum Gasteiger partial charge on any atom is -0.341 e. The summed E-state index contributed by atoms with van der Waals surface area (Å²) in [5.74, 6) is -0.202. The van der Waals surface area contributed by atoms with Gasteiger partial charge in [-0.3, -0.25) is 19.3 Å². The van der Waals surface area contributed by atoms with E-state index in [9.17, 15) is 14.4 Å². The number of imide groups is 1. The van der Waals surface area contributed by atoms with Gasteiger partial charge in [0.25, 0.3) is 11.8 Å². The molecule has 0 bridgehead atoms. The van der Waals surface area contributed by atoms with Gasteiger partial charge < -0.3 is 14.8 Å². The number of fused-ring (bicyclic) bond motifs is 2. The van der Waals surface area contributed by atoms with Crippen molar-refractivity contribution in [1.29, 1.82) is 0 Å². The van der Waals surface area contributed by atoms with Crippen LogP contribution in [0.25, 0.3) is 11.0 Å². The maximum Gasteiger partial charge on any atom is 0.262 e. The number of imidazole rings is 1. The van der Waals surface area contributed by atoms with Crippen LogP contribution < -0.4 is 4.90 Å². The van der Waals surface area contributed by atoms with Crippen molar-refractivity contribution in [3.05, 3.63) is 59.2 Å². The monoisotopic (exact) mass is 417 g/mol. The molecule has 1 fully saturated rings. The molecule has 8 heteroatoms. The van der Waals surface area contributed by atoms with E-state index in [-0.39, 0.29) is 12.5 Å². The van der Waals surface area contributed by atoms with Crippen LogP contribution in [0.1, 0.15) is 32.7 Å². The molecule has 3 amide bonds. The molecule has 0 saturated carbocycles. The van der Waals surface area contributed by atoms with Crippen molar-refractivity contribution in [2.75, 3.05) is 37.6 Å². The Labute approximate surface area is 179 Å². The van der Waals surface area contributed by atoms with Crippen molar-refractivity contribution in [2.24, 2.45) is 0 Å². The minimum atomic E-state index is -0.396. The number of hydrogen-bond donors (Lipinski definition) is 1. The maximum absolute atomic E-state index is 12.9. The smallest absolute Gasteiger partial charge is 0.262 e. The van der Waals surface area contributed by atoms with Crippen molar-refractivity contribution >= 4 is 34.7 Å². The summed E-state index contributed by atoms with van der Waals surface area (Å²) in [4.78, 5) is 51.2.